The molecule has 1 aromatic carbocycles. The zero-order valence-corrected chi connectivity index (χ0v) is 18.6. The fraction of sp³-hybridized carbons (Fsp3) is 0.500. The molecule has 2 saturated heterocycles. The summed E-state index contributed by atoms with van der Waals surface area (Å²) >= 11 is 6.56. The third-order valence-electron chi connectivity index (χ3n) is 5.68. The molecule has 0 bridgehead atoms. The number of anilines is 2. The number of nitrogens with one attached hydrogen (secondary N) is 2. The van der Waals surface area contributed by atoms with Gasteiger partial charge in [0, 0.05) is 31.2 Å². The van der Waals surface area contributed by atoms with Gasteiger partial charge in [0.15, 0.2) is 5.82 Å². The Morgan fingerprint density at radius 2 is 2.03 bits per heavy atom. The molecule has 0 spiro atoms. The summed E-state index contributed by atoms with van der Waals surface area (Å²) in [7, 11) is 2.09. The summed E-state index contributed by atoms with van der Waals surface area (Å²) in [6.45, 7) is 4.98. The van der Waals surface area contributed by atoms with E-state index in [1.54, 1.807) is 12.4 Å². The number of ether oxygens (including phenoxy) is 1. The molecule has 9 heteroatoms. The zero-order chi connectivity index (χ0) is 21.6. The van der Waals surface area contributed by atoms with Crippen molar-refractivity contribution in [2.75, 3.05) is 56.7 Å². The highest BCUT2D eigenvalue weighted by Crippen LogP contribution is 2.31. The van der Waals surface area contributed by atoms with Gasteiger partial charge < -0.3 is 19.9 Å². The summed E-state index contributed by atoms with van der Waals surface area (Å²) in [6.07, 6.45) is 6.48. The number of urea groups is 1. The summed E-state index contributed by atoms with van der Waals surface area (Å²) in [4.78, 5) is 25.7. The minimum atomic E-state index is -0.257. The minimum Gasteiger partial charge on any atom is -0.378 e. The van der Waals surface area contributed by atoms with Crippen molar-refractivity contribution in [3.8, 4) is 11.3 Å². The van der Waals surface area contributed by atoms with Gasteiger partial charge in [0.2, 0.25) is 0 Å². The minimum absolute atomic E-state index is 0.134. The SMILES string of the molecule is CN1CCCCC(NC(=O)Nc2cncc(-c3ccc(N4CCOCC4)c(Cl)c3)n2)C1. The average Bonchev–Trinajstić information content (AvgIpc) is 2.98. The van der Waals surface area contributed by atoms with Gasteiger partial charge in [-0.15, -0.1) is 0 Å². The van der Waals surface area contributed by atoms with E-state index in [1.807, 2.05) is 18.2 Å². The Bertz CT molecular complexity index is 905. The van der Waals surface area contributed by atoms with Crippen LogP contribution in [0.25, 0.3) is 11.3 Å². The molecule has 3 heterocycles. The van der Waals surface area contributed by atoms with E-state index in [-0.39, 0.29) is 12.1 Å². The average molecular weight is 445 g/mol. The predicted molar refractivity (Wildman–Crippen MR) is 123 cm³/mol. The number of nitrogens with zero attached hydrogens (tertiary/aromatic N) is 4. The number of likely N-dealkylation sites (N-methyl/N-ethyl adjacent to an activating group) is 1. The number of halogens is 1. The molecule has 2 fully saturated rings. The van der Waals surface area contributed by atoms with Gasteiger partial charge in [-0.05, 0) is 38.6 Å². The fourth-order valence-electron chi connectivity index (χ4n) is 4.08. The molecule has 1 atom stereocenters. The summed E-state index contributed by atoms with van der Waals surface area (Å²) in [5.74, 6) is 0.408. The lowest BCUT2D eigenvalue weighted by Crippen LogP contribution is -2.43. The summed E-state index contributed by atoms with van der Waals surface area (Å²) in [6, 6.07) is 5.75. The van der Waals surface area contributed by atoms with E-state index < -0.39 is 0 Å². The van der Waals surface area contributed by atoms with Crippen molar-refractivity contribution in [1.29, 1.82) is 0 Å². The number of hydrogen-bond donors (Lipinski definition) is 2. The third kappa shape index (κ3) is 5.84. The number of amides is 2. The van der Waals surface area contributed by atoms with Crippen LogP contribution in [0.1, 0.15) is 19.3 Å². The van der Waals surface area contributed by atoms with Crippen molar-refractivity contribution in [2.24, 2.45) is 0 Å². The van der Waals surface area contributed by atoms with Gasteiger partial charge in [0.25, 0.3) is 0 Å². The zero-order valence-electron chi connectivity index (χ0n) is 17.8. The number of morpholine rings is 1. The van der Waals surface area contributed by atoms with E-state index in [0.29, 0.717) is 29.7 Å². The van der Waals surface area contributed by atoms with Crippen LogP contribution in [0.2, 0.25) is 5.02 Å². The Balaban J connectivity index is 1.42. The first-order valence-electron chi connectivity index (χ1n) is 10.8. The van der Waals surface area contributed by atoms with Gasteiger partial charge in [-0.3, -0.25) is 10.3 Å². The lowest BCUT2D eigenvalue weighted by molar-refractivity contribution is 0.122. The van der Waals surface area contributed by atoms with Crippen LogP contribution in [0, 0.1) is 0 Å². The molecule has 166 valence electrons. The van der Waals surface area contributed by atoms with E-state index in [9.17, 15) is 4.79 Å². The number of hydrogen-bond acceptors (Lipinski definition) is 6. The smallest absolute Gasteiger partial charge is 0.320 e. The van der Waals surface area contributed by atoms with E-state index in [1.165, 1.54) is 0 Å². The quantitative estimate of drug-likeness (QED) is 0.753. The molecule has 2 amide bonds. The van der Waals surface area contributed by atoms with Crippen molar-refractivity contribution in [1.82, 2.24) is 20.2 Å². The number of carbonyl (C=O) groups is 1. The topological polar surface area (TPSA) is 82.6 Å². The molecular formula is C22H29ClN6O2. The maximum absolute atomic E-state index is 12.5. The maximum Gasteiger partial charge on any atom is 0.320 e. The van der Waals surface area contributed by atoms with Crippen LogP contribution in [0.5, 0.6) is 0 Å². The fourth-order valence-corrected chi connectivity index (χ4v) is 4.38. The summed E-state index contributed by atoms with van der Waals surface area (Å²) < 4.78 is 5.41. The first-order chi connectivity index (χ1) is 15.1. The third-order valence-corrected chi connectivity index (χ3v) is 5.98. The van der Waals surface area contributed by atoms with Crippen molar-refractivity contribution in [2.45, 2.75) is 25.3 Å². The second-order valence-corrected chi connectivity index (χ2v) is 8.52. The Hall–Kier alpha value is -2.42. The highest BCUT2D eigenvalue weighted by Gasteiger charge is 2.18. The molecule has 4 rings (SSSR count). The molecule has 0 aliphatic carbocycles. The van der Waals surface area contributed by atoms with E-state index >= 15 is 0 Å². The van der Waals surface area contributed by atoms with Crippen LogP contribution in [-0.2, 0) is 4.74 Å². The molecule has 2 aliphatic rings. The van der Waals surface area contributed by atoms with Crippen LogP contribution in [0.4, 0.5) is 16.3 Å². The first-order valence-corrected chi connectivity index (χ1v) is 11.2. The lowest BCUT2D eigenvalue weighted by Gasteiger charge is -2.29. The summed E-state index contributed by atoms with van der Waals surface area (Å²) in [5, 5.41) is 6.53. The lowest BCUT2D eigenvalue weighted by atomic mass is 10.1. The molecule has 31 heavy (non-hydrogen) atoms. The molecule has 1 unspecified atom stereocenters. The molecule has 2 aliphatic heterocycles. The summed E-state index contributed by atoms with van der Waals surface area (Å²) in [5.41, 5.74) is 2.50. The van der Waals surface area contributed by atoms with E-state index in [4.69, 9.17) is 16.3 Å². The van der Waals surface area contributed by atoms with Crippen LogP contribution in [-0.4, -0.2) is 73.4 Å². The van der Waals surface area contributed by atoms with Gasteiger partial charge in [0.05, 0.1) is 42.0 Å². The molecular weight excluding hydrogens is 416 g/mol. The van der Waals surface area contributed by atoms with Gasteiger partial charge >= 0.3 is 6.03 Å². The van der Waals surface area contributed by atoms with Crippen LogP contribution in [0.15, 0.2) is 30.6 Å². The van der Waals surface area contributed by atoms with Crippen molar-refractivity contribution >= 4 is 29.1 Å². The van der Waals surface area contributed by atoms with E-state index in [2.05, 4.69) is 37.4 Å². The number of likely N-dealkylation sites (tertiary alicyclic amines) is 1. The largest absolute Gasteiger partial charge is 0.378 e. The molecule has 1 aromatic heterocycles. The molecule has 0 saturated carbocycles. The normalized spacial score (nSPS) is 20.2. The van der Waals surface area contributed by atoms with Gasteiger partial charge in [-0.25, -0.2) is 9.78 Å². The predicted octanol–water partition coefficient (Wildman–Crippen LogP) is 3.24. The Morgan fingerprint density at radius 3 is 2.84 bits per heavy atom. The van der Waals surface area contributed by atoms with Crippen molar-refractivity contribution in [3.05, 3.63) is 35.6 Å². The standard InChI is InChI=1S/C22H29ClN6O2/c1-28-7-3-2-4-17(15-28)25-22(30)27-21-14-24-13-19(26-21)16-5-6-20(18(23)12-16)29-8-10-31-11-9-29/h5-6,12-14,17H,2-4,7-11,15H2,1H3,(H2,25,26,27,30). The number of carbonyl (C=O) groups excluding carboxylic acids is 1. The maximum atomic E-state index is 12.5. The molecule has 2 N–H and O–H groups in total. The van der Waals surface area contributed by atoms with Gasteiger partial charge in [-0.2, -0.15) is 0 Å². The number of aromatic nitrogens is 2. The Labute approximate surface area is 187 Å². The number of benzene rings is 1. The molecule has 2 aromatic rings. The van der Waals surface area contributed by atoms with Gasteiger partial charge in [0.1, 0.15) is 0 Å². The second kappa shape index (κ2) is 10.3. The van der Waals surface area contributed by atoms with Crippen LogP contribution < -0.4 is 15.5 Å². The highest BCUT2D eigenvalue weighted by molar-refractivity contribution is 6.33. The molecule has 0 radical (unpaired) electrons. The van der Waals surface area contributed by atoms with E-state index in [0.717, 1.165) is 56.7 Å². The Kier molecular flexibility index (Phi) is 7.21. The Morgan fingerprint density at radius 1 is 1.19 bits per heavy atom. The van der Waals surface area contributed by atoms with Crippen molar-refractivity contribution in [3.63, 3.8) is 0 Å². The first kappa shape index (κ1) is 21.8. The highest BCUT2D eigenvalue weighted by atomic mass is 35.5. The second-order valence-electron chi connectivity index (χ2n) is 8.11. The van der Waals surface area contributed by atoms with Gasteiger partial charge in [-0.1, -0.05) is 24.1 Å². The van der Waals surface area contributed by atoms with Crippen LogP contribution >= 0.6 is 11.6 Å². The molecule has 8 nitrogen and oxygen atoms in total. The van der Waals surface area contributed by atoms with Crippen molar-refractivity contribution < 1.29 is 9.53 Å². The number of rotatable bonds is 4. The van der Waals surface area contributed by atoms with Crippen LogP contribution in [0.3, 0.4) is 0 Å². The monoisotopic (exact) mass is 444 g/mol.